The zero-order valence-corrected chi connectivity index (χ0v) is 18.0. The summed E-state index contributed by atoms with van der Waals surface area (Å²) in [4.78, 5) is 27.1. The number of piperidine rings is 2. The van der Waals surface area contributed by atoms with Gasteiger partial charge in [-0.3, -0.25) is 19.6 Å². The van der Waals surface area contributed by atoms with Gasteiger partial charge in [-0.1, -0.05) is 6.07 Å². The van der Waals surface area contributed by atoms with Crippen LogP contribution in [-0.2, 0) is 11.3 Å². The third kappa shape index (κ3) is 5.56. The van der Waals surface area contributed by atoms with E-state index in [4.69, 9.17) is 0 Å². The molecule has 3 saturated heterocycles. The van der Waals surface area contributed by atoms with Crippen molar-refractivity contribution in [3.05, 3.63) is 30.1 Å². The number of hydrogen-bond donors (Lipinski definition) is 0. The molecule has 3 aliphatic heterocycles. The Kier molecular flexibility index (Phi) is 7.16. The van der Waals surface area contributed by atoms with Crippen molar-refractivity contribution in [2.24, 2.45) is 5.92 Å². The van der Waals surface area contributed by atoms with Gasteiger partial charge in [-0.05, 0) is 77.0 Å². The molecule has 1 amide bonds. The SMILES string of the molecule is CN1CCCN(C(=O)[C@H]2CCCN(C3CCN(Cc4cccnc4)CC3)C2)CC1. The lowest BCUT2D eigenvalue weighted by atomic mass is 9.92. The van der Waals surface area contributed by atoms with Gasteiger partial charge in [-0.25, -0.2) is 0 Å². The molecule has 4 rings (SSSR count). The Hall–Kier alpha value is -1.50. The number of hydrogen-bond acceptors (Lipinski definition) is 5. The Bertz CT molecular complexity index is 646. The van der Waals surface area contributed by atoms with E-state index in [-0.39, 0.29) is 5.92 Å². The summed E-state index contributed by atoms with van der Waals surface area (Å²) < 4.78 is 0. The van der Waals surface area contributed by atoms with Crippen LogP contribution >= 0.6 is 0 Å². The second kappa shape index (κ2) is 10.0. The zero-order valence-electron chi connectivity index (χ0n) is 18.0. The Labute approximate surface area is 175 Å². The monoisotopic (exact) mass is 399 g/mol. The van der Waals surface area contributed by atoms with Gasteiger partial charge in [0.2, 0.25) is 5.91 Å². The summed E-state index contributed by atoms with van der Waals surface area (Å²) in [5, 5.41) is 0. The number of likely N-dealkylation sites (tertiary alicyclic amines) is 2. The number of carbonyl (C=O) groups is 1. The van der Waals surface area contributed by atoms with E-state index in [9.17, 15) is 4.79 Å². The highest BCUT2D eigenvalue weighted by Gasteiger charge is 2.33. The summed E-state index contributed by atoms with van der Waals surface area (Å²) in [5.74, 6) is 0.625. The fourth-order valence-corrected chi connectivity index (χ4v) is 5.26. The molecule has 0 saturated carbocycles. The second-order valence-electron chi connectivity index (χ2n) is 9.18. The number of amides is 1. The first-order valence-electron chi connectivity index (χ1n) is 11.5. The second-order valence-corrected chi connectivity index (χ2v) is 9.18. The maximum absolute atomic E-state index is 13.2. The summed E-state index contributed by atoms with van der Waals surface area (Å²) in [6.07, 6.45) is 9.60. The van der Waals surface area contributed by atoms with E-state index in [2.05, 4.69) is 37.7 Å². The van der Waals surface area contributed by atoms with Gasteiger partial charge in [0.25, 0.3) is 0 Å². The van der Waals surface area contributed by atoms with Crippen LogP contribution in [0.2, 0.25) is 0 Å². The molecule has 160 valence electrons. The van der Waals surface area contributed by atoms with Crippen LogP contribution in [0, 0.1) is 5.92 Å². The van der Waals surface area contributed by atoms with E-state index < -0.39 is 0 Å². The average molecular weight is 400 g/mol. The highest BCUT2D eigenvalue weighted by atomic mass is 16.2. The number of aromatic nitrogens is 1. The molecule has 0 bridgehead atoms. The van der Waals surface area contributed by atoms with Crippen molar-refractivity contribution in [3.63, 3.8) is 0 Å². The van der Waals surface area contributed by atoms with Gasteiger partial charge in [0.1, 0.15) is 0 Å². The zero-order chi connectivity index (χ0) is 20.1. The number of pyridine rings is 1. The third-order valence-electron chi connectivity index (χ3n) is 7.04. The molecular formula is C23H37N5O. The first-order valence-corrected chi connectivity index (χ1v) is 11.5. The Morgan fingerprint density at radius 2 is 1.90 bits per heavy atom. The van der Waals surface area contributed by atoms with E-state index in [0.29, 0.717) is 11.9 Å². The third-order valence-corrected chi connectivity index (χ3v) is 7.04. The number of likely N-dealkylation sites (N-methyl/N-ethyl adjacent to an activating group) is 1. The van der Waals surface area contributed by atoms with Crippen LogP contribution in [0.4, 0.5) is 0 Å². The average Bonchev–Trinajstić information content (AvgIpc) is 2.99. The van der Waals surface area contributed by atoms with Crippen molar-refractivity contribution in [2.75, 3.05) is 59.4 Å². The summed E-state index contributed by atoms with van der Waals surface area (Å²) in [6, 6.07) is 4.83. The molecule has 29 heavy (non-hydrogen) atoms. The highest BCUT2D eigenvalue weighted by molar-refractivity contribution is 5.79. The molecule has 1 aromatic heterocycles. The molecule has 0 N–H and O–H groups in total. The molecule has 6 nitrogen and oxygen atoms in total. The van der Waals surface area contributed by atoms with Gasteiger partial charge in [0, 0.05) is 51.2 Å². The normalized spacial score (nSPS) is 26.4. The predicted octanol–water partition coefficient (Wildman–Crippen LogP) is 1.92. The van der Waals surface area contributed by atoms with Crippen LogP contribution in [-0.4, -0.2) is 95.9 Å². The molecule has 3 aliphatic rings. The minimum atomic E-state index is 0.209. The van der Waals surface area contributed by atoms with Gasteiger partial charge in [-0.15, -0.1) is 0 Å². The molecule has 0 radical (unpaired) electrons. The molecule has 0 aliphatic carbocycles. The quantitative estimate of drug-likeness (QED) is 0.774. The predicted molar refractivity (Wildman–Crippen MR) is 116 cm³/mol. The smallest absolute Gasteiger partial charge is 0.227 e. The molecule has 0 spiro atoms. The van der Waals surface area contributed by atoms with Gasteiger partial charge < -0.3 is 9.80 Å². The summed E-state index contributed by atoms with van der Waals surface area (Å²) in [7, 11) is 2.16. The molecule has 0 unspecified atom stereocenters. The molecule has 1 aromatic rings. The van der Waals surface area contributed by atoms with Crippen LogP contribution < -0.4 is 0 Å². The van der Waals surface area contributed by atoms with Crippen molar-refractivity contribution in [2.45, 2.75) is 44.7 Å². The van der Waals surface area contributed by atoms with Crippen molar-refractivity contribution in [1.29, 1.82) is 0 Å². The summed E-state index contributed by atoms with van der Waals surface area (Å²) in [5.41, 5.74) is 1.30. The van der Waals surface area contributed by atoms with Crippen molar-refractivity contribution in [3.8, 4) is 0 Å². The van der Waals surface area contributed by atoms with Gasteiger partial charge >= 0.3 is 0 Å². The van der Waals surface area contributed by atoms with Crippen molar-refractivity contribution < 1.29 is 4.79 Å². The Morgan fingerprint density at radius 3 is 2.69 bits per heavy atom. The van der Waals surface area contributed by atoms with E-state index in [1.165, 1.54) is 31.4 Å². The fraction of sp³-hybridized carbons (Fsp3) is 0.739. The fourth-order valence-electron chi connectivity index (χ4n) is 5.26. The first-order chi connectivity index (χ1) is 14.2. The minimum Gasteiger partial charge on any atom is -0.341 e. The van der Waals surface area contributed by atoms with Crippen LogP contribution in [0.5, 0.6) is 0 Å². The van der Waals surface area contributed by atoms with E-state index >= 15 is 0 Å². The van der Waals surface area contributed by atoms with E-state index in [0.717, 1.165) is 65.2 Å². The van der Waals surface area contributed by atoms with E-state index in [1.807, 2.05) is 18.5 Å². The van der Waals surface area contributed by atoms with Crippen LogP contribution in [0.3, 0.4) is 0 Å². The van der Waals surface area contributed by atoms with E-state index in [1.54, 1.807) is 0 Å². The molecular weight excluding hydrogens is 362 g/mol. The Morgan fingerprint density at radius 1 is 1.03 bits per heavy atom. The molecule has 6 heteroatoms. The van der Waals surface area contributed by atoms with Crippen molar-refractivity contribution in [1.82, 2.24) is 24.6 Å². The molecule has 4 heterocycles. The lowest BCUT2D eigenvalue weighted by molar-refractivity contribution is -0.137. The number of carbonyl (C=O) groups excluding carboxylic acids is 1. The summed E-state index contributed by atoms with van der Waals surface area (Å²) in [6.45, 7) is 9.39. The lowest BCUT2D eigenvalue weighted by Gasteiger charge is -2.42. The maximum Gasteiger partial charge on any atom is 0.227 e. The lowest BCUT2D eigenvalue weighted by Crippen LogP contribution is -2.51. The molecule has 1 atom stereocenters. The highest BCUT2D eigenvalue weighted by Crippen LogP contribution is 2.26. The van der Waals surface area contributed by atoms with Crippen LogP contribution in [0.25, 0.3) is 0 Å². The van der Waals surface area contributed by atoms with Crippen LogP contribution in [0.15, 0.2) is 24.5 Å². The minimum absolute atomic E-state index is 0.209. The number of rotatable bonds is 4. The number of nitrogens with zero attached hydrogens (tertiary/aromatic N) is 5. The maximum atomic E-state index is 13.2. The Balaban J connectivity index is 1.26. The topological polar surface area (TPSA) is 42.9 Å². The van der Waals surface area contributed by atoms with Crippen LogP contribution in [0.1, 0.15) is 37.7 Å². The van der Waals surface area contributed by atoms with Crippen molar-refractivity contribution >= 4 is 5.91 Å². The van der Waals surface area contributed by atoms with Gasteiger partial charge in [0.05, 0.1) is 5.92 Å². The first kappa shape index (κ1) is 20.8. The largest absolute Gasteiger partial charge is 0.341 e. The standard InChI is InChI=1S/C23H37N5O/c1-25-10-4-12-27(16-15-25)23(29)21-6-3-11-28(19-21)22-7-13-26(14-8-22)18-20-5-2-9-24-17-20/h2,5,9,17,21-22H,3-4,6-8,10-16,18-19H2,1H3/t21-/m0/s1. The van der Waals surface area contributed by atoms with Gasteiger partial charge in [0.15, 0.2) is 0 Å². The van der Waals surface area contributed by atoms with Gasteiger partial charge in [-0.2, -0.15) is 0 Å². The molecule has 3 fully saturated rings. The summed E-state index contributed by atoms with van der Waals surface area (Å²) >= 11 is 0. The molecule has 0 aromatic carbocycles.